The first-order chi connectivity index (χ1) is 18.9. The number of piperidine rings is 1. The van der Waals surface area contributed by atoms with E-state index in [0.29, 0.717) is 54.7 Å². The number of carboxylic acid groups (broad SMARTS) is 1. The summed E-state index contributed by atoms with van der Waals surface area (Å²) >= 11 is 3.56. The Hall–Kier alpha value is -2.79. The summed E-state index contributed by atoms with van der Waals surface area (Å²) < 4.78 is 20.9. The minimum absolute atomic E-state index is 0.283. The number of carboxylic acids is 1. The molecule has 2 aromatic heterocycles. The average Bonchev–Trinajstić information content (AvgIpc) is 3.29. The number of fused-ring (bicyclic) bond motifs is 1. The number of carbonyl (C=O) groups is 1. The minimum atomic E-state index is -1.21. The molecule has 40 heavy (non-hydrogen) atoms. The Kier molecular flexibility index (Phi) is 9.34. The molecule has 0 amide bonds. The molecule has 1 atom stereocenters. The van der Waals surface area contributed by atoms with E-state index in [2.05, 4.69) is 34.3 Å². The van der Waals surface area contributed by atoms with Crippen molar-refractivity contribution in [3.63, 3.8) is 0 Å². The van der Waals surface area contributed by atoms with Crippen LogP contribution < -0.4 is 4.90 Å². The fraction of sp³-hybridized carbons (Fsp3) is 0.500. The molecule has 1 aromatic carbocycles. The van der Waals surface area contributed by atoms with Gasteiger partial charge in [0.1, 0.15) is 5.82 Å². The van der Waals surface area contributed by atoms with Crippen LogP contribution in [0.2, 0.25) is 0 Å². The largest absolute Gasteiger partial charge is 0.479 e. The van der Waals surface area contributed by atoms with E-state index in [1.165, 1.54) is 0 Å². The van der Waals surface area contributed by atoms with Crippen molar-refractivity contribution in [2.45, 2.75) is 78.0 Å². The van der Waals surface area contributed by atoms with Gasteiger partial charge in [-0.1, -0.05) is 40.2 Å². The van der Waals surface area contributed by atoms with E-state index in [-0.39, 0.29) is 12.2 Å². The second kappa shape index (κ2) is 12.4. The Bertz CT molecular complexity index is 1360. The highest BCUT2D eigenvalue weighted by molar-refractivity contribution is 9.10. The van der Waals surface area contributed by atoms with Gasteiger partial charge in [-0.25, -0.2) is 9.78 Å². The van der Waals surface area contributed by atoms with Gasteiger partial charge in [-0.3, -0.25) is 0 Å². The molecule has 4 rings (SSSR count). The summed E-state index contributed by atoms with van der Waals surface area (Å²) in [5.41, 5.74) is 2.51. The van der Waals surface area contributed by atoms with Crippen LogP contribution in [-0.4, -0.2) is 56.6 Å². The molecule has 9 nitrogen and oxygen atoms in total. The Balaban J connectivity index is 1.72. The summed E-state index contributed by atoms with van der Waals surface area (Å²) in [6, 6.07) is 9.81. The summed E-state index contributed by atoms with van der Waals surface area (Å²) in [6.07, 6.45) is 2.09. The van der Waals surface area contributed by atoms with Gasteiger partial charge in [-0.15, -0.1) is 6.58 Å². The van der Waals surface area contributed by atoms with E-state index in [1.807, 2.05) is 58.0 Å². The lowest BCUT2D eigenvalue weighted by molar-refractivity contribution is -0.160. The van der Waals surface area contributed by atoms with Gasteiger partial charge in [-0.05, 0) is 59.1 Å². The van der Waals surface area contributed by atoms with Crippen LogP contribution in [0.4, 0.5) is 5.82 Å². The van der Waals surface area contributed by atoms with Crippen LogP contribution >= 0.6 is 15.9 Å². The number of benzene rings is 1. The van der Waals surface area contributed by atoms with Crippen LogP contribution in [0.15, 0.2) is 47.5 Å². The van der Waals surface area contributed by atoms with Crippen LogP contribution in [0, 0.1) is 6.92 Å². The molecular weight excluding hydrogens is 576 g/mol. The van der Waals surface area contributed by atoms with E-state index in [9.17, 15) is 9.90 Å². The first-order valence-corrected chi connectivity index (χ1v) is 14.3. The highest BCUT2D eigenvalue weighted by atomic mass is 79.9. The van der Waals surface area contributed by atoms with Gasteiger partial charge in [0.25, 0.3) is 0 Å². The number of halogens is 1. The van der Waals surface area contributed by atoms with Crippen molar-refractivity contribution in [2.75, 3.05) is 24.6 Å². The average molecular weight is 616 g/mol. The summed E-state index contributed by atoms with van der Waals surface area (Å²) in [5.74, 6) is -0.386. The maximum atomic E-state index is 12.6. The van der Waals surface area contributed by atoms with E-state index in [4.69, 9.17) is 24.3 Å². The minimum Gasteiger partial charge on any atom is -0.479 e. The van der Waals surface area contributed by atoms with E-state index in [0.717, 1.165) is 22.9 Å². The fourth-order valence-corrected chi connectivity index (χ4v) is 5.31. The number of aromatic nitrogens is 3. The molecular formula is C30H39BrN4O5. The van der Waals surface area contributed by atoms with Crippen molar-refractivity contribution in [1.82, 2.24) is 14.6 Å². The molecule has 0 saturated carbocycles. The normalized spacial score (nSPS) is 16.3. The summed E-state index contributed by atoms with van der Waals surface area (Å²) in [7, 11) is 0. The number of aryl methyl sites for hydroxylation is 1. The highest BCUT2D eigenvalue weighted by Gasteiger charge is 2.37. The molecule has 0 spiro atoms. The zero-order valence-corrected chi connectivity index (χ0v) is 25.5. The van der Waals surface area contributed by atoms with Crippen molar-refractivity contribution in [1.29, 1.82) is 0 Å². The maximum absolute atomic E-state index is 12.6. The SMILES string of the molecule is C=CCOC1(C)CCN(c2c(C(OC(C)(C)C)C(=O)O)c(C)nc3cc(COCc4ccccc4Br)nn23)CC1. The first kappa shape index (κ1) is 30.2. The predicted molar refractivity (Wildman–Crippen MR) is 158 cm³/mol. The van der Waals surface area contributed by atoms with Crippen LogP contribution in [-0.2, 0) is 32.2 Å². The molecule has 0 aliphatic carbocycles. The number of hydrogen-bond acceptors (Lipinski definition) is 7. The van der Waals surface area contributed by atoms with E-state index >= 15 is 0 Å². The molecule has 10 heteroatoms. The van der Waals surface area contributed by atoms with Crippen LogP contribution in [0.5, 0.6) is 0 Å². The maximum Gasteiger partial charge on any atom is 0.337 e. The third-order valence-corrected chi connectivity index (χ3v) is 7.72. The fourth-order valence-electron chi connectivity index (χ4n) is 4.91. The van der Waals surface area contributed by atoms with Crippen molar-refractivity contribution in [3.05, 3.63) is 70.0 Å². The Morgan fingerprint density at radius 1 is 1.25 bits per heavy atom. The molecule has 3 heterocycles. The standard InChI is InChI=1S/C30H39BrN4O5/c1-7-16-39-30(6)12-14-34(15-13-30)27-25(26(28(36)37)40-29(3,4)5)20(2)32-24-17-22(33-35(24)27)19-38-18-21-10-8-9-11-23(21)31/h7-11,17,26H,1,12-16,18-19H2,2-6H3,(H,36,37). The monoisotopic (exact) mass is 614 g/mol. The number of hydrogen-bond donors (Lipinski definition) is 1. The van der Waals surface area contributed by atoms with Gasteiger partial charge in [-0.2, -0.15) is 9.61 Å². The number of nitrogens with zero attached hydrogens (tertiary/aromatic N) is 4. The molecule has 0 bridgehead atoms. The molecule has 0 radical (unpaired) electrons. The van der Waals surface area contributed by atoms with Gasteiger partial charge in [0.15, 0.2) is 11.8 Å². The van der Waals surface area contributed by atoms with Crippen LogP contribution in [0.3, 0.4) is 0 Å². The lowest BCUT2D eigenvalue weighted by Crippen LogP contribution is -2.45. The lowest BCUT2D eigenvalue weighted by atomic mass is 9.92. The highest BCUT2D eigenvalue weighted by Crippen LogP contribution is 2.37. The van der Waals surface area contributed by atoms with Gasteiger partial charge in [0.05, 0.1) is 42.3 Å². The van der Waals surface area contributed by atoms with Crippen molar-refractivity contribution >= 4 is 33.4 Å². The van der Waals surface area contributed by atoms with Crippen LogP contribution in [0.1, 0.15) is 69.2 Å². The zero-order chi connectivity index (χ0) is 29.1. The third-order valence-electron chi connectivity index (χ3n) is 6.95. The zero-order valence-electron chi connectivity index (χ0n) is 23.9. The Morgan fingerprint density at radius 3 is 2.58 bits per heavy atom. The topological polar surface area (TPSA) is 98.4 Å². The van der Waals surface area contributed by atoms with Crippen molar-refractivity contribution < 1.29 is 24.1 Å². The molecule has 1 aliphatic heterocycles. The van der Waals surface area contributed by atoms with Gasteiger partial charge >= 0.3 is 5.97 Å². The third kappa shape index (κ3) is 7.09. The number of ether oxygens (including phenoxy) is 3. The van der Waals surface area contributed by atoms with E-state index in [1.54, 1.807) is 10.6 Å². The smallest absolute Gasteiger partial charge is 0.337 e. The molecule has 1 saturated heterocycles. The lowest BCUT2D eigenvalue weighted by Gasteiger charge is -2.41. The molecule has 216 valence electrons. The quantitative estimate of drug-likeness (QED) is 0.262. The number of anilines is 1. The number of rotatable bonds is 11. The van der Waals surface area contributed by atoms with E-state index < -0.39 is 17.7 Å². The van der Waals surface area contributed by atoms with Gasteiger partial charge in [0, 0.05) is 29.3 Å². The second-order valence-electron chi connectivity index (χ2n) is 11.4. The summed E-state index contributed by atoms with van der Waals surface area (Å²) in [4.78, 5) is 19.5. The Morgan fingerprint density at radius 2 is 1.95 bits per heavy atom. The molecule has 1 fully saturated rings. The van der Waals surface area contributed by atoms with Gasteiger partial charge in [0.2, 0.25) is 0 Å². The summed E-state index contributed by atoms with van der Waals surface area (Å²) in [5, 5.41) is 15.1. The Labute approximate surface area is 244 Å². The second-order valence-corrected chi connectivity index (χ2v) is 12.3. The molecule has 1 unspecified atom stereocenters. The van der Waals surface area contributed by atoms with Gasteiger partial charge < -0.3 is 24.2 Å². The first-order valence-electron chi connectivity index (χ1n) is 13.5. The molecule has 3 aromatic rings. The summed E-state index contributed by atoms with van der Waals surface area (Å²) in [6.45, 7) is 15.8. The molecule has 1 N–H and O–H groups in total. The molecule has 1 aliphatic rings. The van der Waals surface area contributed by atoms with Crippen molar-refractivity contribution in [2.24, 2.45) is 0 Å². The van der Waals surface area contributed by atoms with Crippen LogP contribution in [0.25, 0.3) is 5.65 Å². The number of aliphatic carboxylic acids is 1. The predicted octanol–water partition coefficient (Wildman–Crippen LogP) is 6.02. The van der Waals surface area contributed by atoms with Crippen molar-refractivity contribution in [3.8, 4) is 0 Å².